The average molecular weight is 482 g/mol. The number of unbranched alkanes of at least 4 members (excludes halogenated alkanes) is 12. The predicted octanol–water partition coefficient (Wildman–Crippen LogP) is 7.98. The first-order valence-electron chi connectivity index (χ1n) is 13.2. The number of hydrogen-bond donors (Lipinski definition) is 2. The highest BCUT2D eigenvalue weighted by molar-refractivity contribution is 5.81. The Labute approximate surface area is 207 Å². The van der Waals surface area contributed by atoms with Gasteiger partial charge in [0.1, 0.15) is 17.2 Å². The summed E-state index contributed by atoms with van der Waals surface area (Å²) >= 11 is 0. The van der Waals surface area contributed by atoms with Gasteiger partial charge in [0.25, 0.3) is 5.69 Å². The fraction of sp³-hybridized carbons (Fsp3) is 0.536. The quantitative estimate of drug-likeness (QED) is 0.0934. The summed E-state index contributed by atoms with van der Waals surface area (Å²) in [6.45, 7) is 2.25. The number of fused-ring (bicyclic) bond motifs is 1. The van der Waals surface area contributed by atoms with Gasteiger partial charge in [-0.2, -0.15) is 5.10 Å². The number of hydrogen-bond acceptors (Lipinski definition) is 5. The van der Waals surface area contributed by atoms with Gasteiger partial charge in [-0.05, 0) is 30.5 Å². The molecule has 0 aliphatic rings. The summed E-state index contributed by atoms with van der Waals surface area (Å²) in [5, 5.41) is 37.1. The number of rotatable bonds is 16. The first-order valence-corrected chi connectivity index (χ1v) is 13.2. The Morgan fingerprint density at radius 3 is 2.06 bits per heavy atom. The van der Waals surface area contributed by atoms with Crippen LogP contribution in [-0.4, -0.2) is 24.9 Å². The number of phenols is 2. The SMILES string of the molecule is CCCCCCCCCCCCCCCc1cc(O)cc(-n2cc3cc([N+](=O)[O-])ccc3n2)c1O. The maximum Gasteiger partial charge on any atom is 0.270 e. The predicted molar refractivity (Wildman–Crippen MR) is 140 cm³/mol. The van der Waals surface area contributed by atoms with Crippen molar-refractivity contribution in [2.75, 3.05) is 0 Å². The minimum Gasteiger partial charge on any atom is -0.508 e. The van der Waals surface area contributed by atoms with Crippen LogP contribution in [-0.2, 0) is 6.42 Å². The van der Waals surface area contributed by atoms with E-state index >= 15 is 0 Å². The van der Waals surface area contributed by atoms with Crippen LogP contribution in [0.3, 0.4) is 0 Å². The normalized spacial score (nSPS) is 11.3. The van der Waals surface area contributed by atoms with Crippen LogP contribution in [0.4, 0.5) is 5.69 Å². The molecule has 0 radical (unpaired) electrons. The molecular formula is C28H39N3O4. The van der Waals surface area contributed by atoms with Gasteiger partial charge in [-0.1, -0.05) is 84.0 Å². The Bertz CT molecular complexity index is 1090. The molecule has 0 unspecified atom stereocenters. The van der Waals surface area contributed by atoms with Crippen LogP contribution in [0, 0.1) is 10.1 Å². The van der Waals surface area contributed by atoms with Gasteiger partial charge >= 0.3 is 0 Å². The number of aromatic hydroxyl groups is 2. The maximum absolute atomic E-state index is 11.0. The first kappa shape index (κ1) is 26.5. The van der Waals surface area contributed by atoms with Crippen molar-refractivity contribution in [3.05, 3.63) is 52.2 Å². The van der Waals surface area contributed by atoms with Crippen molar-refractivity contribution in [3.63, 3.8) is 0 Å². The number of nitro groups is 1. The summed E-state index contributed by atoms with van der Waals surface area (Å²) in [6.07, 6.45) is 18.9. The third-order valence-corrected chi connectivity index (χ3v) is 6.65. The van der Waals surface area contributed by atoms with Crippen molar-refractivity contribution in [1.82, 2.24) is 9.78 Å². The summed E-state index contributed by atoms with van der Waals surface area (Å²) in [6, 6.07) is 7.50. The Morgan fingerprint density at radius 1 is 0.857 bits per heavy atom. The van der Waals surface area contributed by atoms with Crippen molar-refractivity contribution < 1.29 is 15.1 Å². The van der Waals surface area contributed by atoms with E-state index in [-0.39, 0.29) is 17.2 Å². The second-order valence-corrected chi connectivity index (χ2v) is 9.54. The summed E-state index contributed by atoms with van der Waals surface area (Å²) in [5.41, 5.74) is 1.62. The molecule has 3 aromatic rings. The third-order valence-electron chi connectivity index (χ3n) is 6.65. The number of aryl methyl sites for hydroxylation is 1. The lowest BCUT2D eigenvalue weighted by atomic mass is 10.0. The topological polar surface area (TPSA) is 101 Å². The molecule has 0 fully saturated rings. The van der Waals surface area contributed by atoms with Gasteiger partial charge in [-0.3, -0.25) is 10.1 Å². The molecule has 0 bridgehead atoms. The lowest BCUT2D eigenvalue weighted by Crippen LogP contribution is -1.98. The molecule has 0 aliphatic carbocycles. The Hall–Kier alpha value is -3.09. The third kappa shape index (κ3) is 7.98. The highest BCUT2D eigenvalue weighted by atomic mass is 16.6. The van der Waals surface area contributed by atoms with Gasteiger partial charge in [0, 0.05) is 29.8 Å². The van der Waals surface area contributed by atoms with Gasteiger partial charge in [0.2, 0.25) is 0 Å². The van der Waals surface area contributed by atoms with E-state index in [2.05, 4.69) is 12.0 Å². The van der Waals surface area contributed by atoms with Crippen molar-refractivity contribution in [3.8, 4) is 17.2 Å². The second-order valence-electron chi connectivity index (χ2n) is 9.54. The molecule has 7 nitrogen and oxygen atoms in total. The molecule has 1 heterocycles. The number of phenolic OH excluding ortho intramolecular Hbond substituents is 2. The fourth-order valence-corrected chi connectivity index (χ4v) is 4.61. The van der Waals surface area contributed by atoms with Crippen LogP contribution < -0.4 is 0 Å². The monoisotopic (exact) mass is 481 g/mol. The molecule has 3 rings (SSSR count). The molecule has 190 valence electrons. The highest BCUT2D eigenvalue weighted by Crippen LogP contribution is 2.33. The molecule has 0 spiro atoms. The van der Waals surface area contributed by atoms with Crippen LogP contribution in [0.15, 0.2) is 36.5 Å². The summed E-state index contributed by atoms with van der Waals surface area (Å²) in [5.74, 6) is 0.150. The fourth-order valence-electron chi connectivity index (χ4n) is 4.61. The minimum atomic E-state index is -0.448. The molecule has 0 amide bonds. The van der Waals surface area contributed by atoms with Gasteiger partial charge in [0.15, 0.2) is 0 Å². The van der Waals surface area contributed by atoms with Crippen LogP contribution in [0.1, 0.15) is 96.0 Å². The Kier molecular flexibility index (Phi) is 10.4. The van der Waals surface area contributed by atoms with E-state index < -0.39 is 4.92 Å². The van der Waals surface area contributed by atoms with Crippen LogP contribution in [0.2, 0.25) is 0 Å². The molecule has 0 atom stereocenters. The maximum atomic E-state index is 11.0. The zero-order valence-electron chi connectivity index (χ0n) is 20.9. The van der Waals surface area contributed by atoms with E-state index in [4.69, 9.17) is 0 Å². The van der Waals surface area contributed by atoms with Gasteiger partial charge in [-0.25, -0.2) is 4.68 Å². The van der Waals surface area contributed by atoms with Gasteiger partial charge in [0.05, 0.1) is 10.4 Å². The number of nitrogens with zero attached hydrogens (tertiary/aromatic N) is 3. The molecule has 0 saturated heterocycles. The van der Waals surface area contributed by atoms with Crippen molar-refractivity contribution >= 4 is 16.6 Å². The molecule has 1 aromatic heterocycles. The molecule has 0 aliphatic heterocycles. The lowest BCUT2D eigenvalue weighted by Gasteiger charge is -2.11. The molecular weight excluding hydrogens is 442 g/mol. The van der Waals surface area contributed by atoms with Gasteiger partial charge < -0.3 is 10.2 Å². The average Bonchev–Trinajstić information content (AvgIpc) is 3.27. The standard InChI is InChI=1S/C28H39N3O4/c1-2-3-4-5-6-7-8-9-10-11-12-13-14-15-22-19-25(32)20-27(28(22)33)30-21-23-18-24(31(34)35)16-17-26(23)29-30/h16-21,32-33H,2-15H2,1H3. The van der Waals surface area contributed by atoms with E-state index in [1.165, 1.54) is 93.5 Å². The smallest absolute Gasteiger partial charge is 0.270 e. The Balaban J connectivity index is 1.45. The second kappa shape index (κ2) is 13.7. The van der Waals surface area contributed by atoms with E-state index in [0.717, 1.165) is 12.8 Å². The number of non-ortho nitro benzene ring substituents is 1. The van der Waals surface area contributed by atoms with E-state index in [0.29, 0.717) is 28.6 Å². The molecule has 2 N–H and O–H groups in total. The summed E-state index contributed by atoms with van der Waals surface area (Å²) in [4.78, 5) is 10.6. The first-order chi connectivity index (χ1) is 17.0. The number of nitro benzene ring substituents is 1. The van der Waals surface area contributed by atoms with Crippen molar-refractivity contribution in [2.45, 2.75) is 96.8 Å². The van der Waals surface area contributed by atoms with Crippen LogP contribution >= 0.6 is 0 Å². The Morgan fingerprint density at radius 2 is 1.46 bits per heavy atom. The van der Waals surface area contributed by atoms with E-state index in [1.807, 2.05) is 0 Å². The van der Waals surface area contributed by atoms with E-state index in [9.17, 15) is 20.3 Å². The van der Waals surface area contributed by atoms with Crippen molar-refractivity contribution in [2.24, 2.45) is 0 Å². The summed E-state index contributed by atoms with van der Waals surface area (Å²) in [7, 11) is 0. The van der Waals surface area contributed by atoms with Crippen molar-refractivity contribution in [1.29, 1.82) is 0 Å². The molecule has 0 saturated carbocycles. The summed E-state index contributed by atoms with van der Waals surface area (Å²) < 4.78 is 1.47. The van der Waals surface area contributed by atoms with Gasteiger partial charge in [-0.15, -0.1) is 0 Å². The van der Waals surface area contributed by atoms with Crippen LogP contribution in [0.5, 0.6) is 11.5 Å². The van der Waals surface area contributed by atoms with Crippen LogP contribution in [0.25, 0.3) is 16.6 Å². The zero-order valence-corrected chi connectivity index (χ0v) is 20.9. The lowest BCUT2D eigenvalue weighted by molar-refractivity contribution is -0.384. The molecule has 7 heteroatoms. The zero-order chi connectivity index (χ0) is 25.0. The largest absolute Gasteiger partial charge is 0.508 e. The highest BCUT2D eigenvalue weighted by Gasteiger charge is 2.15. The molecule has 35 heavy (non-hydrogen) atoms. The number of benzene rings is 2. The molecule has 2 aromatic carbocycles. The minimum absolute atomic E-state index is 0.0136. The number of aromatic nitrogens is 2. The van der Waals surface area contributed by atoms with E-state index in [1.54, 1.807) is 18.3 Å².